The summed E-state index contributed by atoms with van der Waals surface area (Å²) in [5.74, 6) is 1.94. The van der Waals surface area contributed by atoms with Crippen molar-refractivity contribution in [2.24, 2.45) is 4.99 Å². The summed E-state index contributed by atoms with van der Waals surface area (Å²) >= 11 is 0. The SMILES string of the molecule is CCCS(=O)(=O)N1CCC(NC(=NCCc2cc3ccccc3o2)NCC)CC1.I. The van der Waals surface area contributed by atoms with Gasteiger partial charge in [-0.25, -0.2) is 12.7 Å². The van der Waals surface area contributed by atoms with Crippen molar-refractivity contribution < 1.29 is 12.8 Å². The van der Waals surface area contributed by atoms with Crippen molar-refractivity contribution in [2.45, 2.75) is 45.6 Å². The minimum atomic E-state index is -3.10. The third-order valence-electron chi connectivity index (χ3n) is 5.10. The van der Waals surface area contributed by atoms with Gasteiger partial charge >= 0.3 is 0 Å². The van der Waals surface area contributed by atoms with Gasteiger partial charge in [0.1, 0.15) is 11.3 Å². The fraction of sp³-hybridized carbons (Fsp3) is 0.571. The number of hydrogen-bond acceptors (Lipinski definition) is 4. The molecule has 0 saturated carbocycles. The maximum atomic E-state index is 12.2. The number of rotatable bonds is 8. The standard InChI is InChI=1S/C21H32N4O3S.HI/c1-3-15-29(26,27)25-13-10-18(11-14-25)24-21(22-4-2)23-12-9-19-16-17-7-5-6-8-20(17)28-19;/h5-8,16,18H,3-4,9-15H2,1-2H3,(H2,22,23,24);1H. The minimum absolute atomic E-state index is 0. The number of furan rings is 1. The summed E-state index contributed by atoms with van der Waals surface area (Å²) in [7, 11) is -3.10. The van der Waals surface area contributed by atoms with Crippen molar-refractivity contribution in [3.8, 4) is 0 Å². The van der Waals surface area contributed by atoms with Crippen LogP contribution in [-0.4, -0.2) is 56.7 Å². The number of nitrogens with zero attached hydrogens (tertiary/aromatic N) is 2. The molecule has 0 atom stereocenters. The van der Waals surface area contributed by atoms with Crippen molar-refractivity contribution in [1.82, 2.24) is 14.9 Å². The molecular formula is C21H33IN4O3S. The Morgan fingerprint density at radius 2 is 1.97 bits per heavy atom. The molecule has 9 heteroatoms. The molecule has 1 aromatic carbocycles. The van der Waals surface area contributed by atoms with Crippen molar-refractivity contribution in [1.29, 1.82) is 0 Å². The van der Waals surface area contributed by atoms with Crippen LogP contribution in [0.5, 0.6) is 0 Å². The van der Waals surface area contributed by atoms with Gasteiger partial charge in [-0.15, -0.1) is 24.0 Å². The number of sulfonamides is 1. The van der Waals surface area contributed by atoms with Gasteiger partial charge in [0.05, 0.1) is 5.75 Å². The molecule has 0 radical (unpaired) electrons. The van der Waals surface area contributed by atoms with E-state index in [1.807, 2.05) is 38.1 Å². The second kappa shape index (κ2) is 11.9. The maximum Gasteiger partial charge on any atom is 0.214 e. The number of guanidine groups is 1. The summed E-state index contributed by atoms with van der Waals surface area (Å²) < 4.78 is 31.9. The third kappa shape index (κ3) is 6.84. The van der Waals surface area contributed by atoms with Crippen LogP contribution in [0.1, 0.15) is 38.9 Å². The fourth-order valence-electron chi connectivity index (χ4n) is 3.62. The lowest BCUT2D eigenvalue weighted by molar-refractivity contribution is 0.306. The topological polar surface area (TPSA) is 86.9 Å². The molecule has 0 spiro atoms. The lowest BCUT2D eigenvalue weighted by atomic mass is 10.1. The largest absolute Gasteiger partial charge is 0.461 e. The molecule has 30 heavy (non-hydrogen) atoms. The van der Waals surface area contributed by atoms with E-state index in [2.05, 4.69) is 21.7 Å². The molecule has 3 rings (SSSR count). The highest BCUT2D eigenvalue weighted by Crippen LogP contribution is 2.19. The molecule has 0 bridgehead atoms. The second-order valence-corrected chi connectivity index (χ2v) is 9.48. The molecule has 0 amide bonds. The van der Waals surface area contributed by atoms with E-state index >= 15 is 0 Å². The molecular weight excluding hydrogens is 515 g/mol. The Morgan fingerprint density at radius 1 is 1.23 bits per heavy atom. The van der Waals surface area contributed by atoms with E-state index in [0.717, 1.165) is 48.5 Å². The lowest BCUT2D eigenvalue weighted by Gasteiger charge is -2.32. The number of aliphatic imine (C=N–C) groups is 1. The highest BCUT2D eigenvalue weighted by atomic mass is 127. The zero-order valence-corrected chi connectivity index (χ0v) is 20.9. The summed E-state index contributed by atoms with van der Waals surface area (Å²) in [6.45, 7) is 6.47. The van der Waals surface area contributed by atoms with Gasteiger partial charge in [0.25, 0.3) is 0 Å². The van der Waals surface area contributed by atoms with E-state index in [0.29, 0.717) is 26.1 Å². The number of halogens is 1. The van der Waals surface area contributed by atoms with E-state index in [4.69, 9.17) is 4.42 Å². The number of nitrogens with one attached hydrogen (secondary N) is 2. The normalized spacial score (nSPS) is 16.4. The molecule has 7 nitrogen and oxygen atoms in total. The van der Waals surface area contributed by atoms with Gasteiger partial charge in [-0.3, -0.25) is 4.99 Å². The van der Waals surface area contributed by atoms with Gasteiger partial charge in [0.15, 0.2) is 5.96 Å². The average molecular weight is 548 g/mol. The molecule has 2 aromatic rings. The van der Waals surface area contributed by atoms with E-state index in [1.165, 1.54) is 0 Å². The zero-order valence-electron chi connectivity index (χ0n) is 17.8. The minimum Gasteiger partial charge on any atom is -0.461 e. The predicted octanol–water partition coefficient (Wildman–Crippen LogP) is 3.35. The highest BCUT2D eigenvalue weighted by molar-refractivity contribution is 14.0. The van der Waals surface area contributed by atoms with Crippen molar-refractivity contribution in [2.75, 3.05) is 31.9 Å². The maximum absolute atomic E-state index is 12.2. The van der Waals surface area contributed by atoms with Gasteiger partial charge in [-0.2, -0.15) is 0 Å². The van der Waals surface area contributed by atoms with E-state index in [-0.39, 0.29) is 35.8 Å². The summed E-state index contributed by atoms with van der Waals surface area (Å²) in [6, 6.07) is 10.3. The smallest absolute Gasteiger partial charge is 0.214 e. The molecule has 2 N–H and O–H groups in total. The van der Waals surface area contributed by atoms with Crippen LogP contribution in [0.2, 0.25) is 0 Å². The molecule has 1 aromatic heterocycles. The quantitative estimate of drug-likeness (QED) is 0.300. The summed E-state index contributed by atoms with van der Waals surface area (Å²) in [4.78, 5) is 4.67. The van der Waals surface area contributed by atoms with Crippen molar-refractivity contribution >= 4 is 50.9 Å². The molecule has 1 saturated heterocycles. The monoisotopic (exact) mass is 548 g/mol. The fourth-order valence-corrected chi connectivity index (χ4v) is 5.16. The highest BCUT2D eigenvalue weighted by Gasteiger charge is 2.27. The first-order valence-corrected chi connectivity index (χ1v) is 12.1. The van der Waals surface area contributed by atoms with Gasteiger partial charge < -0.3 is 15.1 Å². The van der Waals surface area contributed by atoms with Crippen LogP contribution in [0.25, 0.3) is 11.0 Å². The Kier molecular flexibility index (Phi) is 9.89. The zero-order chi connectivity index (χ0) is 20.7. The van der Waals surface area contributed by atoms with Gasteiger partial charge in [-0.1, -0.05) is 25.1 Å². The Morgan fingerprint density at radius 3 is 2.63 bits per heavy atom. The molecule has 1 aliphatic heterocycles. The van der Waals surface area contributed by atoms with Crippen molar-refractivity contribution in [3.63, 3.8) is 0 Å². The number of para-hydroxylation sites is 1. The molecule has 0 unspecified atom stereocenters. The summed E-state index contributed by atoms with van der Waals surface area (Å²) in [6.07, 6.45) is 2.97. The summed E-state index contributed by atoms with van der Waals surface area (Å²) in [5, 5.41) is 7.85. The molecule has 2 heterocycles. The van der Waals surface area contributed by atoms with Crippen LogP contribution in [0.4, 0.5) is 0 Å². The third-order valence-corrected chi connectivity index (χ3v) is 7.18. The average Bonchev–Trinajstić information content (AvgIpc) is 3.11. The first-order valence-electron chi connectivity index (χ1n) is 10.5. The number of hydrogen-bond donors (Lipinski definition) is 2. The van der Waals surface area contributed by atoms with Crippen LogP contribution in [-0.2, 0) is 16.4 Å². The molecule has 0 aliphatic carbocycles. The Bertz CT molecular complexity index is 888. The molecule has 1 fully saturated rings. The Labute approximate surface area is 196 Å². The van der Waals surface area contributed by atoms with Crippen LogP contribution in [0.15, 0.2) is 39.7 Å². The number of piperidine rings is 1. The van der Waals surface area contributed by atoms with E-state index in [1.54, 1.807) is 4.31 Å². The lowest BCUT2D eigenvalue weighted by Crippen LogP contribution is -2.50. The van der Waals surface area contributed by atoms with Gasteiger partial charge in [0.2, 0.25) is 10.0 Å². The Hall–Kier alpha value is -1.33. The summed E-state index contributed by atoms with van der Waals surface area (Å²) in [5.41, 5.74) is 0.904. The molecule has 1 aliphatic rings. The number of benzene rings is 1. The van der Waals surface area contributed by atoms with Crippen LogP contribution in [0, 0.1) is 0 Å². The van der Waals surface area contributed by atoms with E-state index in [9.17, 15) is 8.42 Å². The Balaban J connectivity index is 0.00000320. The van der Waals surface area contributed by atoms with Gasteiger partial charge in [-0.05, 0) is 38.3 Å². The van der Waals surface area contributed by atoms with Gasteiger partial charge in [0, 0.05) is 44.0 Å². The first-order chi connectivity index (χ1) is 14.0. The first kappa shape index (κ1) is 24.9. The van der Waals surface area contributed by atoms with Crippen LogP contribution < -0.4 is 10.6 Å². The van der Waals surface area contributed by atoms with Crippen LogP contribution in [0.3, 0.4) is 0 Å². The second-order valence-electron chi connectivity index (χ2n) is 7.39. The van der Waals surface area contributed by atoms with Crippen LogP contribution >= 0.6 is 24.0 Å². The van der Waals surface area contributed by atoms with Crippen molar-refractivity contribution in [3.05, 3.63) is 36.1 Å². The number of fused-ring (bicyclic) bond motifs is 1. The molecule has 168 valence electrons. The van der Waals surface area contributed by atoms with E-state index < -0.39 is 10.0 Å². The predicted molar refractivity (Wildman–Crippen MR) is 133 cm³/mol.